The summed E-state index contributed by atoms with van der Waals surface area (Å²) in [5.41, 5.74) is 6.78. The largest absolute Gasteiger partial charge is 0.497 e. The molecular formula is C16H24N2O3. The van der Waals surface area contributed by atoms with Crippen LogP contribution in [0.25, 0.3) is 0 Å². The fraction of sp³-hybridized carbons (Fsp3) is 0.562. The Bertz CT molecular complexity index is 495. The van der Waals surface area contributed by atoms with Crippen molar-refractivity contribution in [3.8, 4) is 11.5 Å². The van der Waals surface area contributed by atoms with E-state index in [1.165, 1.54) is 32.8 Å². The number of carbonyl (C=O) groups excluding carboxylic acids is 1. The minimum Gasteiger partial charge on any atom is -0.497 e. The standard InChI is InChI=1S/C16H24N2O3/c1-20-12-9-13(15(17)14(10-12)21-2)16(19)18-11-7-5-3-4-6-8-11/h9-11H,3-8,17H2,1-2H3,(H,18,19). The normalized spacial score (nSPS) is 16.1. The van der Waals surface area contributed by atoms with Gasteiger partial charge in [0.05, 0.1) is 25.5 Å². The third-order valence-corrected chi connectivity index (χ3v) is 4.01. The van der Waals surface area contributed by atoms with Gasteiger partial charge in [-0.15, -0.1) is 0 Å². The van der Waals surface area contributed by atoms with E-state index in [4.69, 9.17) is 15.2 Å². The Morgan fingerprint density at radius 3 is 2.38 bits per heavy atom. The quantitative estimate of drug-likeness (QED) is 0.661. The first-order chi connectivity index (χ1) is 10.2. The molecule has 1 aromatic carbocycles. The highest BCUT2D eigenvalue weighted by Gasteiger charge is 2.20. The van der Waals surface area contributed by atoms with Crippen molar-refractivity contribution in [2.45, 2.75) is 44.6 Å². The fourth-order valence-corrected chi connectivity index (χ4v) is 2.76. The monoisotopic (exact) mass is 292 g/mol. The van der Waals surface area contributed by atoms with Gasteiger partial charge in [-0.2, -0.15) is 0 Å². The van der Waals surface area contributed by atoms with Crippen LogP contribution in [0.3, 0.4) is 0 Å². The van der Waals surface area contributed by atoms with E-state index >= 15 is 0 Å². The number of benzene rings is 1. The molecule has 0 radical (unpaired) electrons. The number of methoxy groups -OCH3 is 2. The number of nitrogens with one attached hydrogen (secondary N) is 1. The van der Waals surface area contributed by atoms with Gasteiger partial charge in [-0.1, -0.05) is 25.7 Å². The zero-order chi connectivity index (χ0) is 15.2. The van der Waals surface area contributed by atoms with Gasteiger partial charge >= 0.3 is 0 Å². The summed E-state index contributed by atoms with van der Waals surface area (Å²) in [7, 11) is 3.08. The molecule has 1 saturated carbocycles. The molecule has 1 aliphatic carbocycles. The molecule has 1 aliphatic rings. The van der Waals surface area contributed by atoms with Crippen molar-refractivity contribution in [2.75, 3.05) is 20.0 Å². The number of nitrogen functional groups attached to an aromatic ring is 1. The Balaban J connectivity index is 2.17. The van der Waals surface area contributed by atoms with Crippen LogP contribution in [0.15, 0.2) is 12.1 Å². The summed E-state index contributed by atoms with van der Waals surface area (Å²) in [4.78, 5) is 12.5. The smallest absolute Gasteiger partial charge is 0.253 e. The molecule has 5 nitrogen and oxygen atoms in total. The minimum atomic E-state index is -0.156. The van der Waals surface area contributed by atoms with Gasteiger partial charge in [0, 0.05) is 12.1 Å². The van der Waals surface area contributed by atoms with Gasteiger partial charge in [0.2, 0.25) is 0 Å². The zero-order valence-corrected chi connectivity index (χ0v) is 12.8. The second-order valence-electron chi connectivity index (χ2n) is 5.45. The van der Waals surface area contributed by atoms with E-state index in [9.17, 15) is 4.79 Å². The van der Waals surface area contributed by atoms with Crippen molar-refractivity contribution in [2.24, 2.45) is 0 Å². The Kier molecular flexibility index (Phi) is 5.31. The van der Waals surface area contributed by atoms with Crippen molar-refractivity contribution in [3.63, 3.8) is 0 Å². The maximum absolute atomic E-state index is 12.5. The lowest BCUT2D eigenvalue weighted by atomic mass is 10.1. The molecule has 0 spiro atoms. The van der Waals surface area contributed by atoms with Crippen LogP contribution in [-0.4, -0.2) is 26.2 Å². The summed E-state index contributed by atoms with van der Waals surface area (Å²) in [5.74, 6) is 0.865. The molecule has 1 aromatic rings. The Morgan fingerprint density at radius 1 is 1.14 bits per heavy atom. The van der Waals surface area contributed by atoms with E-state index in [-0.39, 0.29) is 11.9 Å². The van der Waals surface area contributed by atoms with Gasteiger partial charge in [0.25, 0.3) is 5.91 Å². The van der Waals surface area contributed by atoms with Crippen LogP contribution < -0.4 is 20.5 Å². The average molecular weight is 292 g/mol. The van der Waals surface area contributed by atoms with Crippen LogP contribution in [0.2, 0.25) is 0 Å². The Hall–Kier alpha value is -1.91. The third kappa shape index (κ3) is 3.80. The summed E-state index contributed by atoms with van der Waals surface area (Å²) in [5, 5.41) is 3.09. The number of amides is 1. The van der Waals surface area contributed by atoms with E-state index in [1.807, 2.05) is 0 Å². The topological polar surface area (TPSA) is 73.6 Å². The van der Waals surface area contributed by atoms with Crippen LogP contribution in [0.4, 0.5) is 5.69 Å². The number of hydrogen-bond donors (Lipinski definition) is 2. The Labute approximate surface area is 125 Å². The first-order valence-corrected chi connectivity index (χ1v) is 7.48. The molecule has 116 valence electrons. The number of anilines is 1. The van der Waals surface area contributed by atoms with E-state index in [1.54, 1.807) is 19.2 Å². The molecule has 2 rings (SSSR count). The predicted molar refractivity (Wildman–Crippen MR) is 82.9 cm³/mol. The molecular weight excluding hydrogens is 268 g/mol. The van der Waals surface area contributed by atoms with Crippen LogP contribution in [0.1, 0.15) is 48.9 Å². The molecule has 21 heavy (non-hydrogen) atoms. The molecule has 0 saturated heterocycles. The van der Waals surface area contributed by atoms with E-state index in [0.717, 1.165) is 12.8 Å². The average Bonchev–Trinajstić information content (AvgIpc) is 2.76. The maximum atomic E-state index is 12.5. The molecule has 0 aliphatic heterocycles. The summed E-state index contributed by atoms with van der Waals surface area (Å²) >= 11 is 0. The number of ether oxygens (including phenoxy) is 2. The van der Waals surface area contributed by atoms with Gasteiger partial charge in [-0.3, -0.25) is 4.79 Å². The van der Waals surface area contributed by atoms with E-state index in [2.05, 4.69) is 5.32 Å². The molecule has 1 fully saturated rings. The first-order valence-electron chi connectivity index (χ1n) is 7.48. The van der Waals surface area contributed by atoms with Crippen LogP contribution >= 0.6 is 0 Å². The maximum Gasteiger partial charge on any atom is 0.253 e. The highest BCUT2D eigenvalue weighted by molar-refractivity contribution is 6.01. The molecule has 1 amide bonds. The fourth-order valence-electron chi connectivity index (χ4n) is 2.76. The molecule has 0 heterocycles. The van der Waals surface area contributed by atoms with Gasteiger partial charge < -0.3 is 20.5 Å². The van der Waals surface area contributed by atoms with Crippen LogP contribution in [0, 0.1) is 0 Å². The molecule has 0 aromatic heterocycles. The summed E-state index contributed by atoms with van der Waals surface area (Å²) in [6, 6.07) is 3.57. The zero-order valence-electron chi connectivity index (χ0n) is 12.8. The van der Waals surface area contributed by atoms with Gasteiger partial charge in [0.15, 0.2) is 0 Å². The lowest BCUT2D eigenvalue weighted by Gasteiger charge is -2.18. The van der Waals surface area contributed by atoms with E-state index in [0.29, 0.717) is 22.7 Å². The van der Waals surface area contributed by atoms with Crippen LogP contribution in [-0.2, 0) is 0 Å². The minimum absolute atomic E-state index is 0.156. The van der Waals surface area contributed by atoms with Gasteiger partial charge in [-0.05, 0) is 18.9 Å². The molecule has 0 unspecified atom stereocenters. The second-order valence-corrected chi connectivity index (χ2v) is 5.45. The molecule has 5 heteroatoms. The van der Waals surface area contributed by atoms with Crippen molar-refractivity contribution < 1.29 is 14.3 Å². The lowest BCUT2D eigenvalue weighted by Crippen LogP contribution is -2.34. The summed E-state index contributed by atoms with van der Waals surface area (Å²) < 4.78 is 10.4. The van der Waals surface area contributed by atoms with Crippen LogP contribution in [0.5, 0.6) is 11.5 Å². The molecule has 3 N–H and O–H groups in total. The van der Waals surface area contributed by atoms with Crippen molar-refractivity contribution in [1.29, 1.82) is 0 Å². The summed E-state index contributed by atoms with van der Waals surface area (Å²) in [6.45, 7) is 0. The number of rotatable bonds is 4. The number of nitrogens with two attached hydrogens (primary N) is 1. The van der Waals surface area contributed by atoms with Crippen molar-refractivity contribution in [1.82, 2.24) is 5.32 Å². The van der Waals surface area contributed by atoms with Crippen molar-refractivity contribution >= 4 is 11.6 Å². The SMILES string of the molecule is COc1cc(OC)c(N)c(C(=O)NC2CCCCCC2)c1. The van der Waals surface area contributed by atoms with Gasteiger partial charge in [-0.25, -0.2) is 0 Å². The van der Waals surface area contributed by atoms with E-state index < -0.39 is 0 Å². The molecule has 0 bridgehead atoms. The Morgan fingerprint density at radius 2 is 1.81 bits per heavy atom. The third-order valence-electron chi connectivity index (χ3n) is 4.01. The van der Waals surface area contributed by atoms with Gasteiger partial charge in [0.1, 0.15) is 11.5 Å². The summed E-state index contributed by atoms with van der Waals surface area (Å²) in [6.07, 6.45) is 6.91. The lowest BCUT2D eigenvalue weighted by molar-refractivity contribution is 0.0933. The molecule has 0 atom stereocenters. The van der Waals surface area contributed by atoms with Crippen molar-refractivity contribution in [3.05, 3.63) is 17.7 Å². The second kappa shape index (κ2) is 7.20. The highest BCUT2D eigenvalue weighted by Crippen LogP contribution is 2.31. The number of hydrogen-bond acceptors (Lipinski definition) is 4. The predicted octanol–water partition coefficient (Wildman–Crippen LogP) is 2.74. The number of carbonyl (C=O) groups is 1. The highest BCUT2D eigenvalue weighted by atomic mass is 16.5. The first kappa shape index (κ1) is 15.5.